The first-order valence-electron chi connectivity index (χ1n) is 8.61. The maximum atomic E-state index is 12.8. The van der Waals surface area contributed by atoms with Gasteiger partial charge in [-0.25, -0.2) is 4.98 Å². The molecule has 3 rings (SSSR count). The Bertz CT molecular complexity index is 771. The number of piperidine rings is 1. The van der Waals surface area contributed by atoms with Crippen LogP contribution < -0.4 is 5.32 Å². The lowest BCUT2D eigenvalue weighted by atomic mass is 9.99. The number of pyridine rings is 1. The zero-order valence-corrected chi connectivity index (χ0v) is 14.5. The monoisotopic (exact) mass is 342 g/mol. The van der Waals surface area contributed by atoms with Gasteiger partial charge in [0.1, 0.15) is 17.1 Å². The Morgan fingerprint density at radius 3 is 2.84 bits per heavy atom. The van der Waals surface area contributed by atoms with Crippen LogP contribution in [0.25, 0.3) is 0 Å². The Hall–Kier alpha value is -2.70. The van der Waals surface area contributed by atoms with Crippen LogP contribution in [0.2, 0.25) is 0 Å². The minimum Gasteiger partial charge on any atom is -0.360 e. The van der Waals surface area contributed by atoms with Crippen molar-refractivity contribution in [1.29, 1.82) is 0 Å². The summed E-state index contributed by atoms with van der Waals surface area (Å²) in [6.45, 7) is 4.57. The van der Waals surface area contributed by atoms with Gasteiger partial charge in [-0.1, -0.05) is 18.1 Å². The summed E-state index contributed by atoms with van der Waals surface area (Å²) in [5, 5.41) is 6.34. The van der Waals surface area contributed by atoms with Gasteiger partial charge in [0.25, 0.3) is 11.8 Å². The van der Waals surface area contributed by atoms with Gasteiger partial charge < -0.3 is 14.7 Å². The molecule has 3 heterocycles. The van der Waals surface area contributed by atoms with Crippen LogP contribution >= 0.6 is 0 Å². The smallest absolute Gasteiger partial charge is 0.275 e. The van der Waals surface area contributed by atoms with E-state index < -0.39 is 5.91 Å². The zero-order valence-electron chi connectivity index (χ0n) is 14.5. The highest BCUT2D eigenvalue weighted by atomic mass is 16.5. The molecule has 1 N–H and O–H groups in total. The molecule has 2 amide bonds. The van der Waals surface area contributed by atoms with Gasteiger partial charge in [0.15, 0.2) is 5.82 Å². The quantitative estimate of drug-likeness (QED) is 0.922. The summed E-state index contributed by atoms with van der Waals surface area (Å²) >= 11 is 0. The molecule has 0 saturated carbocycles. The summed E-state index contributed by atoms with van der Waals surface area (Å²) in [5.74, 6) is 0.387. The van der Waals surface area contributed by atoms with Gasteiger partial charge in [0, 0.05) is 18.7 Å². The molecule has 0 aromatic carbocycles. The van der Waals surface area contributed by atoms with Crippen molar-refractivity contribution in [1.82, 2.24) is 15.0 Å². The second-order valence-electron chi connectivity index (χ2n) is 6.24. The Balaban J connectivity index is 1.76. The molecule has 1 aliphatic heterocycles. The third-order valence-corrected chi connectivity index (χ3v) is 4.43. The highest BCUT2D eigenvalue weighted by molar-refractivity contribution is 6.03. The van der Waals surface area contributed by atoms with Crippen LogP contribution in [0.5, 0.6) is 0 Å². The molecular formula is C18H22N4O3. The lowest BCUT2D eigenvalue weighted by molar-refractivity contribution is 0.0602. The molecule has 7 nitrogen and oxygen atoms in total. The van der Waals surface area contributed by atoms with E-state index in [1.165, 1.54) is 0 Å². The summed E-state index contributed by atoms with van der Waals surface area (Å²) in [7, 11) is 0. The van der Waals surface area contributed by atoms with E-state index in [1.54, 1.807) is 31.2 Å². The van der Waals surface area contributed by atoms with Crippen LogP contribution in [0.15, 0.2) is 28.8 Å². The topological polar surface area (TPSA) is 88.3 Å². The van der Waals surface area contributed by atoms with Gasteiger partial charge >= 0.3 is 0 Å². The molecule has 1 aliphatic rings. The molecule has 25 heavy (non-hydrogen) atoms. The molecule has 2 aromatic rings. The summed E-state index contributed by atoms with van der Waals surface area (Å²) < 4.78 is 4.92. The summed E-state index contributed by atoms with van der Waals surface area (Å²) in [6.07, 6.45) is 4.11. The van der Waals surface area contributed by atoms with E-state index in [1.807, 2.05) is 4.90 Å². The molecule has 2 aromatic heterocycles. The average Bonchev–Trinajstić information content (AvgIpc) is 3.05. The van der Waals surface area contributed by atoms with Gasteiger partial charge in [-0.2, -0.15) is 0 Å². The number of hydrogen-bond acceptors (Lipinski definition) is 5. The van der Waals surface area contributed by atoms with Gasteiger partial charge in [0.2, 0.25) is 0 Å². The summed E-state index contributed by atoms with van der Waals surface area (Å²) in [4.78, 5) is 31.3. The average molecular weight is 342 g/mol. The van der Waals surface area contributed by atoms with E-state index in [9.17, 15) is 9.59 Å². The number of rotatable bonds is 4. The molecule has 0 spiro atoms. The van der Waals surface area contributed by atoms with E-state index in [0.29, 0.717) is 17.3 Å². The number of carbonyl (C=O) groups excluding carboxylic acids is 2. The Morgan fingerprint density at radius 1 is 1.32 bits per heavy atom. The number of nitrogens with one attached hydrogen (secondary N) is 1. The number of aryl methyl sites for hydroxylation is 1. The van der Waals surface area contributed by atoms with Crippen molar-refractivity contribution in [3.63, 3.8) is 0 Å². The van der Waals surface area contributed by atoms with E-state index in [4.69, 9.17) is 4.52 Å². The van der Waals surface area contributed by atoms with Gasteiger partial charge in [-0.15, -0.1) is 0 Å². The lowest BCUT2D eigenvalue weighted by Gasteiger charge is -2.35. The minimum atomic E-state index is -0.423. The molecular weight excluding hydrogens is 320 g/mol. The molecule has 1 fully saturated rings. The number of amides is 2. The van der Waals surface area contributed by atoms with E-state index >= 15 is 0 Å². The first-order valence-corrected chi connectivity index (χ1v) is 8.61. The van der Waals surface area contributed by atoms with E-state index in [0.717, 1.165) is 32.2 Å². The fourth-order valence-electron chi connectivity index (χ4n) is 3.13. The number of carbonyl (C=O) groups is 2. The Morgan fingerprint density at radius 2 is 2.12 bits per heavy atom. The predicted molar refractivity (Wildman–Crippen MR) is 92.4 cm³/mol. The maximum absolute atomic E-state index is 12.8. The number of likely N-dealkylation sites (tertiary alicyclic amines) is 1. The van der Waals surface area contributed by atoms with Gasteiger partial charge in [0.05, 0.1) is 0 Å². The van der Waals surface area contributed by atoms with Crippen LogP contribution in [-0.4, -0.2) is 39.4 Å². The van der Waals surface area contributed by atoms with Crippen molar-refractivity contribution in [2.75, 3.05) is 11.9 Å². The Labute approximate surface area is 146 Å². The molecule has 1 saturated heterocycles. The van der Waals surface area contributed by atoms with Crippen LogP contribution in [0.3, 0.4) is 0 Å². The molecule has 0 aliphatic carbocycles. The molecule has 1 unspecified atom stereocenters. The maximum Gasteiger partial charge on any atom is 0.275 e. The molecule has 7 heteroatoms. The summed E-state index contributed by atoms with van der Waals surface area (Å²) in [5.41, 5.74) is 0.473. The van der Waals surface area contributed by atoms with Gasteiger partial charge in [-0.05, 0) is 44.7 Å². The number of anilines is 1. The van der Waals surface area contributed by atoms with Crippen molar-refractivity contribution in [2.45, 2.75) is 45.6 Å². The SMILES string of the molecule is CCC1CCCCN1C(=O)c1cccc(C(=O)Nc2cc(C)on2)n1. The molecule has 1 atom stereocenters. The minimum absolute atomic E-state index is 0.113. The zero-order chi connectivity index (χ0) is 17.8. The van der Waals surface area contributed by atoms with Crippen LogP contribution in [0.1, 0.15) is 59.3 Å². The second kappa shape index (κ2) is 7.46. The third-order valence-electron chi connectivity index (χ3n) is 4.43. The number of hydrogen-bond donors (Lipinski definition) is 1. The number of aromatic nitrogens is 2. The van der Waals surface area contributed by atoms with Gasteiger partial charge in [-0.3, -0.25) is 9.59 Å². The van der Waals surface area contributed by atoms with Crippen LogP contribution in [-0.2, 0) is 0 Å². The lowest BCUT2D eigenvalue weighted by Crippen LogP contribution is -2.43. The Kier molecular flexibility index (Phi) is 5.11. The van der Waals surface area contributed by atoms with Crippen LogP contribution in [0.4, 0.5) is 5.82 Å². The third kappa shape index (κ3) is 3.87. The van der Waals surface area contributed by atoms with E-state index in [2.05, 4.69) is 22.4 Å². The molecule has 0 radical (unpaired) electrons. The normalized spacial score (nSPS) is 17.4. The van der Waals surface area contributed by atoms with Crippen molar-refractivity contribution in [3.8, 4) is 0 Å². The standard InChI is InChI=1S/C18H22N4O3/c1-3-13-7-4-5-10-22(13)18(24)15-9-6-8-14(19-15)17(23)20-16-11-12(2)25-21-16/h6,8-9,11,13H,3-5,7,10H2,1-2H3,(H,20,21,23). The van der Waals surface area contributed by atoms with Crippen LogP contribution in [0, 0.1) is 6.92 Å². The van der Waals surface area contributed by atoms with Crippen molar-refractivity contribution in [3.05, 3.63) is 41.4 Å². The highest BCUT2D eigenvalue weighted by Gasteiger charge is 2.27. The highest BCUT2D eigenvalue weighted by Crippen LogP contribution is 2.21. The first-order chi connectivity index (χ1) is 12.1. The largest absolute Gasteiger partial charge is 0.360 e. The fourth-order valence-corrected chi connectivity index (χ4v) is 3.13. The van der Waals surface area contributed by atoms with Crippen molar-refractivity contribution in [2.24, 2.45) is 0 Å². The first kappa shape index (κ1) is 17.1. The van der Waals surface area contributed by atoms with Crippen molar-refractivity contribution >= 4 is 17.6 Å². The number of nitrogens with zero attached hydrogens (tertiary/aromatic N) is 3. The fraction of sp³-hybridized carbons (Fsp3) is 0.444. The van der Waals surface area contributed by atoms with Crippen molar-refractivity contribution < 1.29 is 14.1 Å². The molecule has 0 bridgehead atoms. The second-order valence-corrected chi connectivity index (χ2v) is 6.24. The van der Waals surface area contributed by atoms with E-state index in [-0.39, 0.29) is 17.6 Å². The predicted octanol–water partition coefficient (Wildman–Crippen LogP) is 3.04. The summed E-state index contributed by atoms with van der Waals surface area (Å²) in [6, 6.07) is 6.77. The molecule has 132 valence electrons.